The molecule has 39 heavy (non-hydrogen) atoms. The van der Waals surface area contributed by atoms with Crippen LogP contribution in [0.1, 0.15) is 59.6 Å². The second-order valence-electron chi connectivity index (χ2n) is 13.3. The number of carbonyl (C=O) groups excluding carboxylic acids is 3. The van der Waals surface area contributed by atoms with E-state index in [4.69, 9.17) is 4.74 Å². The van der Waals surface area contributed by atoms with E-state index in [-0.39, 0.29) is 30.4 Å². The molecule has 0 aliphatic carbocycles. The number of rotatable bonds is 5. The van der Waals surface area contributed by atoms with Crippen LogP contribution < -0.4 is 0 Å². The molecule has 1 spiro atoms. The van der Waals surface area contributed by atoms with Crippen molar-refractivity contribution in [2.75, 3.05) is 19.8 Å². The minimum Gasteiger partial charge on any atom is -0.461 e. The first-order valence-electron chi connectivity index (χ1n) is 13.8. The van der Waals surface area contributed by atoms with Crippen molar-refractivity contribution >= 4 is 29.5 Å². The molecule has 1 aromatic carbocycles. The molecule has 0 aromatic heterocycles. The molecule has 0 radical (unpaired) electrons. The zero-order chi connectivity index (χ0) is 28.4. The number of carbonyl (C=O) groups is 3. The van der Waals surface area contributed by atoms with Gasteiger partial charge in [-0.2, -0.15) is 0 Å². The van der Waals surface area contributed by atoms with Crippen LogP contribution in [0.5, 0.6) is 0 Å². The van der Waals surface area contributed by atoms with Crippen LogP contribution >= 0.6 is 11.8 Å². The number of hydrogen-bond acceptors (Lipinski definition) is 6. The zero-order valence-corrected chi connectivity index (χ0v) is 24.5. The molecule has 0 bridgehead atoms. The fraction of sp³-hybridized carbons (Fsp3) is 0.581. The van der Waals surface area contributed by atoms with Crippen LogP contribution in [0.25, 0.3) is 0 Å². The van der Waals surface area contributed by atoms with E-state index in [0.29, 0.717) is 6.54 Å². The van der Waals surface area contributed by atoms with Crippen molar-refractivity contribution in [3.63, 3.8) is 0 Å². The summed E-state index contributed by atoms with van der Waals surface area (Å²) in [6.07, 6.45) is 8.58. The molecule has 4 heterocycles. The van der Waals surface area contributed by atoms with E-state index in [1.54, 1.807) is 4.90 Å². The minimum atomic E-state index is -0.983. The van der Waals surface area contributed by atoms with Gasteiger partial charge in [0.25, 0.3) is 0 Å². The standard InChI is InChI=1S/C31H40N2O5S/c1-28(2,3)19-29(4,5)32-16-10-15-31-22(23-27(37)38-17-11-14-30(23,6)39-31)25(35)33(24(31)26(32)36)21(18-34)20-12-8-7-9-13-20/h7-15,21-24,34H,16-19H2,1-6H3/t21-,22+,23+,24?,30-,31+/m1/s1. The van der Waals surface area contributed by atoms with Gasteiger partial charge >= 0.3 is 5.97 Å². The second kappa shape index (κ2) is 9.51. The Morgan fingerprint density at radius 1 is 1.03 bits per heavy atom. The van der Waals surface area contributed by atoms with Crippen molar-refractivity contribution in [3.8, 4) is 0 Å². The second-order valence-corrected chi connectivity index (χ2v) is 15.1. The Balaban J connectivity index is 1.69. The van der Waals surface area contributed by atoms with Gasteiger partial charge < -0.3 is 19.6 Å². The molecule has 0 saturated carbocycles. The van der Waals surface area contributed by atoms with Gasteiger partial charge in [-0.05, 0) is 44.2 Å². The van der Waals surface area contributed by atoms with Gasteiger partial charge in [-0.15, -0.1) is 11.8 Å². The summed E-state index contributed by atoms with van der Waals surface area (Å²) in [6.45, 7) is 12.8. The molecule has 6 atom stereocenters. The quantitative estimate of drug-likeness (QED) is 0.437. The molecule has 7 nitrogen and oxygen atoms in total. The topological polar surface area (TPSA) is 87.2 Å². The number of ether oxygens (including phenoxy) is 1. The van der Waals surface area contributed by atoms with Gasteiger partial charge in [-0.3, -0.25) is 14.4 Å². The molecule has 1 N–H and O–H groups in total. The predicted molar refractivity (Wildman–Crippen MR) is 152 cm³/mol. The third-order valence-corrected chi connectivity index (χ3v) is 10.4. The monoisotopic (exact) mass is 552 g/mol. The molecular formula is C31H40N2O5S. The van der Waals surface area contributed by atoms with E-state index in [2.05, 4.69) is 34.6 Å². The van der Waals surface area contributed by atoms with Crippen LogP contribution in [0.2, 0.25) is 0 Å². The Kier molecular flexibility index (Phi) is 6.82. The van der Waals surface area contributed by atoms with Crippen molar-refractivity contribution in [2.24, 2.45) is 17.3 Å². The molecule has 1 aromatic rings. The highest BCUT2D eigenvalue weighted by Crippen LogP contribution is 2.66. The SMILES string of the molecule is CC(C)(C)CC(C)(C)N1CC=C[C@]23S[C@]4(C)C=CCOC(=O)[C@@H]4[C@H]2C(=O)N([C@H](CO)c2ccccc2)C3C1=O. The maximum atomic E-state index is 14.8. The fourth-order valence-corrected chi connectivity index (χ4v) is 9.74. The molecule has 5 rings (SSSR count). The normalized spacial score (nSPS) is 33.3. The number of nitrogens with zero attached hydrogens (tertiary/aromatic N) is 2. The molecule has 2 fully saturated rings. The Morgan fingerprint density at radius 2 is 1.72 bits per heavy atom. The smallest absolute Gasteiger partial charge is 0.311 e. The maximum absolute atomic E-state index is 14.8. The van der Waals surface area contributed by atoms with Crippen LogP contribution in [0, 0.1) is 17.3 Å². The Bertz CT molecular complexity index is 1220. The average Bonchev–Trinajstić information content (AvgIpc) is 3.09. The highest BCUT2D eigenvalue weighted by atomic mass is 32.2. The van der Waals surface area contributed by atoms with Crippen LogP contribution in [0.4, 0.5) is 0 Å². The third-order valence-electron chi connectivity index (χ3n) is 8.64. The molecule has 4 aliphatic rings. The van der Waals surface area contributed by atoms with E-state index < -0.39 is 44.9 Å². The highest BCUT2D eigenvalue weighted by molar-refractivity contribution is 8.02. The number of thioether (sulfide) groups is 1. The summed E-state index contributed by atoms with van der Waals surface area (Å²) in [5, 5.41) is 10.7. The Hall–Kier alpha value is -2.58. The lowest BCUT2D eigenvalue weighted by Gasteiger charge is -2.45. The summed E-state index contributed by atoms with van der Waals surface area (Å²) in [6, 6.07) is 7.73. The van der Waals surface area contributed by atoms with Gasteiger partial charge in [0.1, 0.15) is 12.6 Å². The minimum absolute atomic E-state index is 0.0276. The number of aliphatic hydroxyl groups excluding tert-OH is 1. The average molecular weight is 553 g/mol. The van der Waals surface area contributed by atoms with Gasteiger partial charge in [-0.25, -0.2) is 0 Å². The van der Waals surface area contributed by atoms with Gasteiger partial charge in [0.15, 0.2) is 0 Å². The number of cyclic esters (lactones) is 1. The number of esters is 1. The lowest BCUT2D eigenvalue weighted by atomic mass is 9.74. The molecule has 1 unspecified atom stereocenters. The van der Waals surface area contributed by atoms with E-state index >= 15 is 0 Å². The van der Waals surface area contributed by atoms with Crippen molar-refractivity contribution in [1.82, 2.24) is 9.80 Å². The number of benzene rings is 1. The first-order chi connectivity index (χ1) is 18.3. The number of likely N-dealkylation sites (tertiary alicyclic amines) is 1. The Morgan fingerprint density at radius 3 is 2.36 bits per heavy atom. The summed E-state index contributed by atoms with van der Waals surface area (Å²) in [4.78, 5) is 46.3. The predicted octanol–water partition coefficient (Wildman–Crippen LogP) is 4.13. The van der Waals surface area contributed by atoms with Crippen molar-refractivity contribution in [2.45, 2.75) is 75.1 Å². The third kappa shape index (κ3) is 4.44. The number of amides is 2. The summed E-state index contributed by atoms with van der Waals surface area (Å²) < 4.78 is 3.84. The van der Waals surface area contributed by atoms with Crippen LogP contribution in [-0.2, 0) is 19.1 Å². The van der Waals surface area contributed by atoms with Gasteiger partial charge in [0, 0.05) is 16.8 Å². The first kappa shape index (κ1) is 28.0. The molecule has 4 aliphatic heterocycles. The molecule has 2 saturated heterocycles. The number of hydrogen-bond donors (Lipinski definition) is 1. The lowest BCUT2D eigenvalue weighted by molar-refractivity contribution is -0.153. The summed E-state index contributed by atoms with van der Waals surface area (Å²) >= 11 is 1.52. The van der Waals surface area contributed by atoms with E-state index in [9.17, 15) is 19.5 Å². The maximum Gasteiger partial charge on any atom is 0.311 e. The van der Waals surface area contributed by atoms with E-state index in [1.807, 2.05) is 66.5 Å². The van der Waals surface area contributed by atoms with Crippen LogP contribution in [0.3, 0.4) is 0 Å². The number of aliphatic hydroxyl groups is 1. The number of fused-ring (bicyclic) bond motifs is 2. The molecule has 210 valence electrons. The first-order valence-corrected chi connectivity index (χ1v) is 14.6. The summed E-state index contributed by atoms with van der Waals surface area (Å²) in [5.41, 5.74) is 0.233. The Labute approximate surface area is 235 Å². The van der Waals surface area contributed by atoms with Crippen molar-refractivity contribution in [3.05, 3.63) is 60.2 Å². The van der Waals surface area contributed by atoms with E-state index in [1.165, 1.54) is 11.8 Å². The van der Waals surface area contributed by atoms with Gasteiger partial charge in [0.2, 0.25) is 11.8 Å². The van der Waals surface area contributed by atoms with E-state index in [0.717, 1.165) is 12.0 Å². The molecular weight excluding hydrogens is 512 g/mol. The summed E-state index contributed by atoms with van der Waals surface area (Å²) in [7, 11) is 0. The van der Waals surface area contributed by atoms with Crippen molar-refractivity contribution in [1.29, 1.82) is 0 Å². The largest absolute Gasteiger partial charge is 0.461 e. The van der Waals surface area contributed by atoms with Crippen LogP contribution in [0.15, 0.2) is 54.6 Å². The molecule has 2 amide bonds. The van der Waals surface area contributed by atoms with Crippen molar-refractivity contribution < 1.29 is 24.2 Å². The van der Waals surface area contributed by atoms with Crippen LogP contribution in [-0.4, -0.2) is 73.5 Å². The molecule has 8 heteroatoms. The summed E-state index contributed by atoms with van der Waals surface area (Å²) in [5.74, 6) is -2.39. The zero-order valence-electron chi connectivity index (χ0n) is 23.7. The lowest BCUT2D eigenvalue weighted by Crippen LogP contribution is -2.59. The van der Waals surface area contributed by atoms with Gasteiger partial charge in [-0.1, -0.05) is 69.3 Å². The highest BCUT2D eigenvalue weighted by Gasteiger charge is 2.75. The van der Waals surface area contributed by atoms with Gasteiger partial charge in [0.05, 0.1) is 29.2 Å². The fourth-order valence-electron chi connectivity index (χ4n) is 7.60.